The fourth-order valence-corrected chi connectivity index (χ4v) is 3.46. The van der Waals surface area contributed by atoms with Crippen molar-refractivity contribution in [1.82, 2.24) is 4.98 Å². The normalized spacial score (nSPS) is 10.4. The second-order valence-electron chi connectivity index (χ2n) is 5.57. The van der Waals surface area contributed by atoms with Gasteiger partial charge in [-0.15, -0.1) is 11.3 Å². The van der Waals surface area contributed by atoms with Gasteiger partial charge in [-0.25, -0.2) is 9.37 Å². The minimum absolute atomic E-state index is 0.0469. The van der Waals surface area contributed by atoms with Gasteiger partial charge in [0.05, 0.1) is 24.3 Å². The van der Waals surface area contributed by atoms with E-state index in [4.69, 9.17) is 4.74 Å². The van der Waals surface area contributed by atoms with Gasteiger partial charge in [-0.2, -0.15) is 0 Å². The van der Waals surface area contributed by atoms with Crippen molar-refractivity contribution < 1.29 is 18.7 Å². The number of nitrogens with one attached hydrogen (secondary N) is 1. The van der Waals surface area contributed by atoms with Crippen LogP contribution in [0.4, 0.5) is 9.52 Å². The van der Waals surface area contributed by atoms with E-state index < -0.39 is 11.7 Å². The van der Waals surface area contributed by atoms with Gasteiger partial charge in [0, 0.05) is 10.4 Å². The minimum atomic E-state index is -0.610. The smallest absolute Gasteiger partial charge is 0.311 e. The summed E-state index contributed by atoms with van der Waals surface area (Å²) in [7, 11) is 0. The first-order valence-electron chi connectivity index (χ1n) is 8.35. The number of rotatable bonds is 6. The standard InChI is InChI=1S/C20H17FN2O3S/c1-2-26-17(24)12-16-18(13-8-4-3-5-9-13)22-20(27-16)23-19(25)14-10-6-7-11-15(14)21/h3-11H,2,12H2,1H3,(H,22,23,25). The van der Waals surface area contributed by atoms with E-state index in [2.05, 4.69) is 10.3 Å². The topological polar surface area (TPSA) is 68.3 Å². The van der Waals surface area contributed by atoms with Crippen LogP contribution in [0.3, 0.4) is 0 Å². The van der Waals surface area contributed by atoms with Gasteiger partial charge in [0.2, 0.25) is 0 Å². The zero-order valence-electron chi connectivity index (χ0n) is 14.6. The summed E-state index contributed by atoms with van der Waals surface area (Å²) in [4.78, 5) is 29.4. The molecule has 0 aliphatic heterocycles. The van der Waals surface area contributed by atoms with Crippen molar-refractivity contribution >= 4 is 28.3 Å². The highest BCUT2D eigenvalue weighted by Crippen LogP contribution is 2.32. The average molecular weight is 384 g/mol. The molecule has 0 fully saturated rings. The third kappa shape index (κ3) is 4.57. The Balaban J connectivity index is 1.90. The summed E-state index contributed by atoms with van der Waals surface area (Å²) < 4.78 is 18.8. The lowest BCUT2D eigenvalue weighted by Gasteiger charge is -2.02. The van der Waals surface area contributed by atoms with Gasteiger partial charge in [0.25, 0.3) is 5.91 Å². The number of anilines is 1. The molecule has 0 radical (unpaired) electrons. The Kier molecular flexibility index (Phi) is 5.93. The second kappa shape index (κ2) is 8.55. The molecule has 0 spiro atoms. The summed E-state index contributed by atoms with van der Waals surface area (Å²) in [6, 6.07) is 15.1. The van der Waals surface area contributed by atoms with E-state index in [0.717, 1.165) is 5.56 Å². The molecule has 3 aromatic rings. The highest BCUT2D eigenvalue weighted by Gasteiger charge is 2.19. The molecular formula is C20H17FN2O3S. The van der Waals surface area contributed by atoms with Crippen LogP contribution in [-0.2, 0) is 16.0 Å². The maximum absolute atomic E-state index is 13.8. The molecule has 0 aliphatic rings. The Hall–Kier alpha value is -3.06. The fraction of sp³-hybridized carbons (Fsp3) is 0.150. The molecule has 1 amide bonds. The molecule has 3 rings (SSSR count). The van der Waals surface area contributed by atoms with E-state index in [0.29, 0.717) is 15.7 Å². The number of thiazole rings is 1. The Morgan fingerprint density at radius 2 is 1.81 bits per heavy atom. The molecule has 0 saturated carbocycles. The number of hydrogen-bond acceptors (Lipinski definition) is 5. The predicted octanol–water partition coefficient (Wildman–Crippen LogP) is 4.31. The van der Waals surface area contributed by atoms with Crippen LogP contribution in [-0.4, -0.2) is 23.5 Å². The summed E-state index contributed by atoms with van der Waals surface area (Å²) in [5.74, 6) is -1.57. The summed E-state index contributed by atoms with van der Waals surface area (Å²) in [6.45, 7) is 2.03. The number of amides is 1. The molecule has 2 aromatic carbocycles. The lowest BCUT2D eigenvalue weighted by molar-refractivity contribution is -0.142. The van der Waals surface area contributed by atoms with Crippen molar-refractivity contribution in [2.45, 2.75) is 13.3 Å². The van der Waals surface area contributed by atoms with Crippen LogP contribution in [0, 0.1) is 5.82 Å². The van der Waals surface area contributed by atoms with Crippen LogP contribution in [0.5, 0.6) is 0 Å². The number of carbonyl (C=O) groups excluding carboxylic acids is 2. The van der Waals surface area contributed by atoms with Crippen molar-refractivity contribution in [2.75, 3.05) is 11.9 Å². The number of ether oxygens (including phenoxy) is 1. The molecule has 0 saturated heterocycles. The number of aromatic nitrogens is 1. The highest BCUT2D eigenvalue weighted by molar-refractivity contribution is 7.16. The van der Waals surface area contributed by atoms with Gasteiger partial charge < -0.3 is 4.74 Å². The maximum Gasteiger partial charge on any atom is 0.311 e. The Bertz CT molecular complexity index is 957. The molecule has 1 heterocycles. The minimum Gasteiger partial charge on any atom is -0.466 e. The van der Waals surface area contributed by atoms with Crippen molar-refractivity contribution in [3.05, 3.63) is 70.9 Å². The molecule has 1 N–H and O–H groups in total. The average Bonchev–Trinajstić information content (AvgIpc) is 3.05. The molecule has 5 nitrogen and oxygen atoms in total. The van der Waals surface area contributed by atoms with Crippen LogP contribution < -0.4 is 5.32 Å². The van der Waals surface area contributed by atoms with E-state index in [1.807, 2.05) is 30.3 Å². The van der Waals surface area contributed by atoms with Crippen molar-refractivity contribution in [1.29, 1.82) is 0 Å². The lowest BCUT2D eigenvalue weighted by atomic mass is 10.1. The molecule has 0 aliphatic carbocycles. The van der Waals surface area contributed by atoms with Gasteiger partial charge in [0.15, 0.2) is 5.13 Å². The van der Waals surface area contributed by atoms with Gasteiger partial charge >= 0.3 is 5.97 Å². The van der Waals surface area contributed by atoms with Crippen LogP contribution in [0.25, 0.3) is 11.3 Å². The number of esters is 1. The van der Waals surface area contributed by atoms with Gasteiger partial charge in [-0.3, -0.25) is 14.9 Å². The van der Waals surface area contributed by atoms with E-state index >= 15 is 0 Å². The SMILES string of the molecule is CCOC(=O)Cc1sc(NC(=O)c2ccccc2F)nc1-c1ccccc1. The molecule has 1 aromatic heterocycles. The summed E-state index contributed by atoms with van der Waals surface area (Å²) >= 11 is 1.17. The summed E-state index contributed by atoms with van der Waals surface area (Å²) in [5, 5.41) is 2.90. The predicted molar refractivity (Wildman–Crippen MR) is 102 cm³/mol. The van der Waals surface area contributed by atoms with Crippen molar-refractivity contribution in [3.63, 3.8) is 0 Å². The van der Waals surface area contributed by atoms with Gasteiger partial charge in [-0.1, -0.05) is 42.5 Å². The van der Waals surface area contributed by atoms with Crippen LogP contribution in [0.1, 0.15) is 22.2 Å². The number of benzene rings is 2. The monoisotopic (exact) mass is 384 g/mol. The zero-order valence-corrected chi connectivity index (χ0v) is 15.4. The van der Waals surface area contributed by atoms with E-state index in [9.17, 15) is 14.0 Å². The number of hydrogen-bond donors (Lipinski definition) is 1. The number of halogens is 1. The van der Waals surface area contributed by atoms with Crippen LogP contribution in [0.15, 0.2) is 54.6 Å². The van der Waals surface area contributed by atoms with E-state index in [1.165, 1.54) is 29.5 Å². The van der Waals surface area contributed by atoms with Crippen LogP contribution >= 0.6 is 11.3 Å². The van der Waals surface area contributed by atoms with E-state index in [1.54, 1.807) is 13.0 Å². The molecule has 0 atom stereocenters. The first kappa shape index (κ1) is 18.7. The largest absolute Gasteiger partial charge is 0.466 e. The second-order valence-corrected chi connectivity index (χ2v) is 6.66. The first-order valence-corrected chi connectivity index (χ1v) is 9.16. The lowest BCUT2D eigenvalue weighted by Crippen LogP contribution is -2.13. The van der Waals surface area contributed by atoms with Crippen molar-refractivity contribution in [3.8, 4) is 11.3 Å². The zero-order chi connectivity index (χ0) is 19.2. The third-order valence-corrected chi connectivity index (χ3v) is 4.66. The first-order chi connectivity index (χ1) is 13.1. The summed E-state index contributed by atoms with van der Waals surface area (Å²) in [5.41, 5.74) is 1.35. The number of nitrogens with zero attached hydrogens (tertiary/aromatic N) is 1. The highest BCUT2D eigenvalue weighted by atomic mass is 32.1. The Morgan fingerprint density at radius 1 is 1.11 bits per heavy atom. The van der Waals surface area contributed by atoms with Crippen molar-refractivity contribution in [2.24, 2.45) is 0 Å². The van der Waals surface area contributed by atoms with Gasteiger partial charge in [-0.05, 0) is 19.1 Å². The molecule has 0 bridgehead atoms. The third-order valence-electron chi connectivity index (χ3n) is 3.69. The van der Waals surface area contributed by atoms with E-state index in [-0.39, 0.29) is 24.6 Å². The molecular weight excluding hydrogens is 367 g/mol. The Labute approximate surface area is 159 Å². The molecule has 27 heavy (non-hydrogen) atoms. The fourth-order valence-electron chi connectivity index (χ4n) is 2.50. The molecule has 7 heteroatoms. The molecule has 138 valence electrons. The number of carbonyl (C=O) groups is 2. The summed E-state index contributed by atoms with van der Waals surface area (Å²) in [6.07, 6.45) is 0.0469. The van der Waals surface area contributed by atoms with Gasteiger partial charge in [0.1, 0.15) is 5.82 Å². The quantitative estimate of drug-likeness (QED) is 0.643. The van der Waals surface area contributed by atoms with Crippen LogP contribution in [0.2, 0.25) is 0 Å². The Morgan fingerprint density at radius 3 is 2.52 bits per heavy atom. The maximum atomic E-state index is 13.8. The molecule has 0 unspecified atom stereocenters.